The largest absolute Gasteiger partial charge is 0.386 e. The first-order chi connectivity index (χ1) is 9.15. The predicted octanol–water partition coefficient (Wildman–Crippen LogP) is 2.67. The summed E-state index contributed by atoms with van der Waals surface area (Å²) in [6, 6.07) is 4.03. The van der Waals surface area contributed by atoms with Crippen LogP contribution in [0, 0.1) is 0 Å². The summed E-state index contributed by atoms with van der Waals surface area (Å²) >= 11 is 7.20. The van der Waals surface area contributed by atoms with E-state index >= 15 is 0 Å². The van der Waals surface area contributed by atoms with Crippen molar-refractivity contribution in [2.45, 2.75) is 44.2 Å². The molecule has 19 heavy (non-hydrogen) atoms. The molecule has 4 N–H and O–H groups in total. The van der Waals surface area contributed by atoms with Gasteiger partial charge in [0.05, 0.1) is 10.9 Å². The van der Waals surface area contributed by atoms with E-state index in [0.29, 0.717) is 16.3 Å². The van der Waals surface area contributed by atoms with Crippen LogP contribution < -0.4 is 11.1 Å². The van der Waals surface area contributed by atoms with Gasteiger partial charge in [-0.1, -0.05) is 30.9 Å². The number of nitrogens with two attached hydrogens (primary N) is 1. The minimum Gasteiger partial charge on any atom is -0.386 e. The van der Waals surface area contributed by atoms with Crippen LogP contribution in [0.4, 0.5) is 0 Å². The van der Waals surface area contributed by atoms with E-state index in [4.69, 9.17) is 17.3 Å². The van der Waals surface area contributed by atoms with Crippen LogP contribution in [-0.2, 0) is 0 Å². The molecule has 1 heterocycles. The fraction of sp³-hybridized carbons (Fsp3) is 0.615. The van der Waals surface area contributed by atoms with E-state index in [1.54, 1.807) is 6.07 Å². The van der Waals surface area contributed by atoms with Crippen LogP contribution in [0.3, 0.4) is 0 Å². The molecule has 0 radical (unpaired) electrons. The highest BCUT2D eigenvalue weighted by Gasteiger charge is 2.14. The van der Waals surface area contributed by atoms with Crippen LogP contribution in [0.5, 0.6) is 0 Å². The van der Waals surface area contributed by atoms with Crippen molar-refractivity contribution in [1.29, 1.82) is 0 Å². The Labute approximate surface area is 122 Å². The van der Waals surface area contributed by atoms with Crippen LogP contribution in [0.2, 0.25) is 4.34 Å². The van der Waals surface area contributed by atoms with Crippen LogP contribution >= 0.6 is 22.9 Å². The van der Waals surface area contributed by atoms with E-state index in [2.05, 4.69) is 10.3 Å². The Bertz CT molecular complexity index is 429. The average molecular weight is 302 g/mol. The van der Waals surface area contributed by atoms with E-state index in [1.165, 1.54) is 30.6 Å². The Morgan fingerprint density at radius 3 is 2.84 bits per heavy atom. The highest BCUT2D eigenvalue weighted by atomic mass is 35.5. The Morgan fingerprint density at radius 2 is 2.21 bits per heavy atom. The molecule has 4 nitrogen and oxygen atoms in total. The van der Waals surface area contributed by atoms with Crippen LogP contribution in [0.25, 0.3) is 0 Å². The van der Waals surface area contributed by atoms with Gasteiger partial charge in [0.15, 0.2) is 5.96 Å². The lowest BCUT2D eigenvalue weighted by atomic mass is 9.96. The van der Waals surface area contributed by atoms with Crippen molar-refractivity contribution in [2.24, 2.45) is 10.7 Å². The van der Waals surface area contributed by atoms with Gasteiger partial charge < -0.3 is 16.2 Å². The summed E-state index contributed by atoms with van der Waals surface area (Å²) in [6.07, 6.45) is 5.48. The number of rotatable bonds is 4. The normalized spacial score (nSPS) is 19.4. The maximum Gasteiger partial charge on any atom is 0.188 e. The second kappa shape index (κ2) is 7.12. The fourth-order valence-electron chi connectivity index (χ4n) is 2.28. The lowest BCUT2D eigenvalue weighted by Crippen LogP contribution is -2.41. The highest BCUT2D eigenvalue weighted by molar-refractivity contribution is 7.16. The van der Waals surface area contributed by atoms with Gasteiger partial charge in [0.25, 0.3) is 0 Å². The molecule has 1 atom stereocenters. The number of aliphatic hydroxyl groups is 1. The first-order valence-corrected chi connectivity index (χ1v) is 7.84. The number of aliphatic imine (C=N–C) groups is 1. The van der Waals surface area contributed by atoms with E-state index in [-0.39, 0.29) is 6.54 Å². The van der Waals surface area contributed by atoms with Gasteiger partial charge in [0.1, 0.15) is 6.10 Å². The smallest absolute Gasteiger partial charge is 0.188 e. The molecule has 1 aliphatic rings. The van der Waals surface area contributed by atoms with Crippen LogP contribution in [-0.4, -0.2) is 23.7 Å². The zero-order valence-electron chi connectivity index (χ0n) is 10.8. The SMILES string of the molecule is NC(=NCC(O)c1ccc(Cl)s1)NC1CCCCC1. The Morgan fingerprint density at radius 1 is 1.47 bits per heavy atom. The molecular weight excluding hydrogens is 282 g/mol. The molecule has 0 amide bonds. The second-order valence-electron chi connectivity index (χ2n) is 4.86. The maximum absolute atomic E-state index is 9.95. The van der Waals surface area contributed by atoms with Crippen molar-refractivity contribution in [3.8, 4) is 0 Å². The zero-order chi connectivity index (χ0) is 13.7. The molecular formula is C13H20ClN3OS. The number of halogens is 1. The topological polar surface area (TPSA) is 70.6 Å². The van der Waals surface area contributed by atoms with Gasteiger partial charge in [-0.15, -0.1) is 11.3 Å². The quantitative estimate of drug-likeness (QED) is 0.591. The molecule has 2 rings (SSSR count). The fourth-order valence-corrected chi connectivity index (χ4v) is 3.32. The van der Waals surface area contributed by atoms with Gasteiger partial charge in [0.2, 0.25) is 0 Å². The van der Waals surface area contributed by atoms with Gasteiger partial charge in [0, 0.05) is 10.9 Å². The number of guanidine groups is 1. The van der Waals surface area contributed by atoms with Gasteiger partial charge >= 0.3 is 0 Å². The second-order valence-corrected chi connectivity index (χ2v) is 6.61. The summed E-state index contributed by atoms with van der Waals surface area (Å²) in [5, 5.41) is 13.2. The first kappa shape index (κ1) is 14.6. The Balaban J connectivity index is 1.80. The first-order valence-electron chi connectivity index (χ1n) is 6.65. The minimum absolute atomic E-state index is 0.266. The van der Waals surface area contributed by atoms with Crippen molar-refractivity contribution < 1.29 is 5.11 Å². The molecule has 0 aromatic carbocycles. The third-order valence-electron chi connectivity index (χ3n) is 3.31. The molecule has 106 valence electrons. The lowest BCUT2D eigenvalue weighted by molar-refractivity contribution is 0.191. The predicted molar refractivity (Wildman–Crippen MR) is 80.8 cm³/mol. The molecule has 1 unspecified atom stereocenters. The standard InChI is InChI=1S/C13H20ClN3OS/c14-12-7-6-11(19-12)10(18)8-16-13(15)17-9-4-2-1-3-5-9/h6-7,9-10,18H,1-5,8H2,(H3,15,16,17). The zero-order valence-corrected chi connectivity index (χ0v) is 12.4. The third kappa shape index (κ3) is 4.67. The Kier molecular flexibility index (Phi) is 5.48. The molecule has 0 spiro atoms. The Hall–Kier alpha value is -0.780. The van der Waals surface area contributed by atoms with Crippen molar-refractivity contribution in [1.82, 2.24) is 5.32 Å². The van der Waals surface area contributed by atoms with Gasteiger partial charge in [-0.2, -0.15) is 0 Å². The van der Waals surface area contributed by atoms with Crippen molar-refractivity contribution in [2.75, 3.05) is 6.54 Å². The molecule has 1 aliphatic carbocycles. The number of nitrogens with zero attached hydrogens (tertiary/aromatic N) is 1. The molecule has 1 saturated carbocycles. The minimum atomic E-state index is -0.635. The molecule has 0 bridgehead atoms. The summed E-state index contributed by atoms with van der Waals surface area (Å²) in [6.45, 7) is 0.266. The average Bonchev–Trinajstić information content (AvgIpc) is 2.84. The molecule has 1 fully saturated rings. The third-order valence-corrected chi connectivity index (χ3v) is 4.65. The van der Waals surface area contributed by atoms with E-state index in [1.807, 2.05) is 6.07 Å². The van der Waals surface area contributed by atoms with Gasteiger partial charge in [-0.25, -0.2) is 0 Å². The monoisotopic (exact) mass is 301 g/mol. The van der Waals surface area contributed by atoms with Crippen molar-refractivity contribution >= 4 is 28.9 Å². The van der Waals surface area contributed by atoms with Gasteiger partial charge in [-0.3, -0.25) is 4.99 Å². The molecule has 1 aromatic heterocycles. The number of aliphatic hydroxyl groups excluding tert-OH is 1. The van der Waals surface area contributed by atoms with E-state index in [0.717, 1.165) is 17.7 Å². The summed E-state index contributed by atoms with van der Waals surface area (Å²) in [4.78, 5) is 5.02. The van der Waals surface area contributed by atoms with Crippen LogP contribution in [0.15, 0.2) is 17.1 Å². The summed E-state index contributed by atoms with van der Waals surface area (Å²) in [5.74, 6) is 0.425. The highest BCUT2D eigenvalue weighted by Crippen LogP contribution is 2.26. The summed E-state index contributed by atoms with van der Waals surface area (Å²) in [5.41, 5.74) is 5.84. The van der Waals surface area contributed by atoms with Crippen molar-refractivity contribution in [3.63, 3.8) is 0 Å². The maximum atomic E-state index is 9.95. The lowest BCUT2D eigenvalue weighted by Gasteiger charge is -2.23. The summed E-state index contributed by atoms with van der Waals surface area (Å²) < 4.78 is 0.673. The molecule has 0 aliphatic heterocycles. The van der Waals surface area contributed by atoms with Gasteiger partial charge in [-0.05, 0) is 25.0 Å². The number of nitrogens with one attached hydrogen (secondary N) is 1. The summed E-state index contributed by atoms with van der Waals surface area (Å²) in [7, 11) is 0. The van der Waals surface area contributed by atoms with Crippen molar-refractivity contribution in [3.05, 3.63) is 21.3 Å². The van der Waals surface area contributed by atoms with Crippen LogP contribution in [0.1, 0.15) is 43.1 Å². The number of hydrogen-bond acceptors (Lipinski definition) is 3. The van der Waals surface area contributed by atoms with E-state index < -0.39 is 6.10 Å². The molecule has 6 heteroatoms. The number of thiophene rings is 1. The van der Waals surface area contributed by atoms with E-state index in [9.17, 15) is 5.11 Å². The molecule has 0 saturated heterocycles. The number of hydrogen-bond donors (Lipinski definition) is 3. The molecule has 1 aromatic rings.